The maximum Gasteiger partial charge on any atom is 0.407 e. The van der Waals surface area contributed by atoms with Crippen LogP contribution >= 0.6 is 0 Å². The van der Waals surface area contributed by atoms with Gasteiger partial charge in [0.05, 0.1) is 12.2 Å². The van der Waals surface area contributed by atoms with E-state index in [4.69, 9.17) is 8.85 Å². The highest BCUT2D eigenvalue weighted by molar-refractivity contribution is 6.93. The molecule has 2 aliphatic rings. The van der Waals surface area contributed by atoms with E-state index in [0.29, 0.717) is 12.2 Å². The van der Waals surface area contributed by atoms with Gasteiger partial charge in [0, 0.05) is 0 Å². The maximum absolute atomic E-state index is 6.56. The molecule has 2 aromatic rings. The molecule has 1 saturated heterocycles. The van der Waals surface area contributed by atoms with Crippen molar-refractivity contribution in [2.45, 2.75) is 31.5 Å². The smallest absolute Gasteiger partial charge is 0.382 e. The zero-order chi connectivity index (χ0) is 13.4. The standard InChI is InChI=1S/C17H18O2Si/c1-3-8-14(9-4-1)20(15-10-5-2-6-11-15)18-16-12-7-13-17(16)19-20/h1-6,8-11,16-17H,7,12-13H2/t16-,17+. The van der Waals surface area contributed by atoms with Crippen molar-refractivity contribution in [1.29, 1.82) is 0 Å². The number of hydrogen-bond acceptors (Lipinski definition) is 2. The normalized spacial score (nSPS) is 27.4. The van der Waals surface area contributed by atoms with Gasteiger partial charge in [0.2, 0.25) is 0 Å². The van der Waals surface area contributed by atoms with E-state index in [9.17, 15) is 0 Å². The Morgan fingerprint density at radius 1 is 0.700 bits per heavy atom. The molecule has 102 valence electrons. The summed E-state index contributed by atoms with van der Waals surface area (Å²) >= 11 is 0. The molecule has 0 unspecified atom stereocenters. The average molecular weight is 282 g/mol. The van der Waals surface area contributed by atoms with E-state index in [1.54, 1.807) is 0 Å². The SMILES string of the molecule is c1ccc([Si]2(c3ccccc3)O[C@H]3CCC[C@H]3O2)cc1. The molecule has 20 heavy (non-hydrogen) atoms. The van der Waals surface area contributed by atoms with Crippen molar-refractivity contribution in [2.24, 2.45) is 0 Å². The molecule has 4 rings (SSSR count). The van der Waals surface area contributed by atoms with Crippen LogP contribution in [0.5, 0.6) is 0 Å². The third-order valence-electron chi connectivity index (χ3n) is 4.33. The van der Waals surface area contributed by atoms with E-state index < -0.39 is 8.56 Å². The lowest BCUT2D eigenvalue weighted by Crippen LogP contribution is -2.60. The summed E-state index contributed by atoms with van der Waals surface area (Å²) in [4.78, 5) is 0. The van der Waals surface area contributed by atoms with Crippen LogP contribution in [0.15, 0.2) is 60.7 Å². The Morgan fingerprint density at radius 3 is 1.60 bits per heavy atom. The molecule has 0 aromatic heterocycles. The summed E-state index contributed by atoms with van der Waals surface area (Å²) in [6, 6.07) is 21.0. The highest BCUT2D eigenvalue weighted by atomic mass is 28.4. The van der Waals surface area contributed by atoms with E-state index in [0.717, 1.165) is 12.8 Å². The molecule has 2 aromatic carbocycles. The third-order valence-corrected chi connectivity index (χ3v) is 7.79. The molecule has 0 amide bonds. The van der Waals surface area contributed by atoms with Crippen molar-refractivity contribution >= 4 is 18.9 Å². The van der Waals surface area contributed by atoms with Gasteiger partial charge in [-0.25, -0.2) is 0 Å². The van der Waals surface area contributed by atoms with Gasteiger partial charge in [-0.05, 0) is 29.6 Å². The molecule has 1 saturated carbocycles. The molecule has 2 atom stereocenters. The predicted molar refractivity (Wildman–Crippen MR) is 81.5 cm³/mol. The lowest BCUT2D eigenvalue weighted by Gasteiger charge is -2.26. The van der Waals surface area contributed by atoms with Crippen molar-refractivity contribution in [3.8, 4) is 0 Å². The fourth-order valence-electron chi connectivity index (χ4n) is 3.37. The van der Waals surface area contributed by atoms with Gasteiger partial charge in [-0.3, -0.25) is 0 Å². The van der Waals surface area contributed by atoms with Gasteiger partial charge < -0.3 is 8.85 Å². The van der Waals surface area contributed by atoms with E-state index in [1.165, 1.54) is 16.8 Å². The van der Waals surface area contributed by atoms with Crippen molar-refractivity contribution in [3.63, 3.8) is 0 Å². The van der Waals surface area contributed by atoms with Crippen molar-refractivity contribution in [1.82, 2.24) is 0 Å². The van der Waals surface area contributed by atoms with Crippen LogP contribution in [0.2, 0.25) is 0 Å². The lowest BCUT2D eigenvalue weighted by atomic mass is 10.3. The fraction of sp³-hybridized carbons (Fsp3) is 0.294. The van der Waals surface area contributed by atoms with E-state index in [1.807, 2.05) is 12.1 Å². The highest BCUT2D eigenvalue weighted by Gasteiger charge is 2.55. The van der Waals surface area contributed by atoms with Gasteiger partial charge in [-0.2, -0.15) is 0 Å². The molecule has 2 fully saturated rings. The maximum atomic E-state index is 6.56. The van der Waals surface area contributed by atoms with Gasteiger partial charge >= 0.3 is 8.56 Å². The minimum atomic E-state index is -2.48. The zero-order valence-corrected chi connectivity index (χ0v) is 12.4. The second-order valence-corrected chi connectivity index (χ2v) is 8.45. The number of fused-ring (bicyclic) bond motifs is 1. The first kappa shape index (κ1) is 12.3. The summed E-state index contributed by atoms with van der Waals surface area (Å²) < 4.78 is 13.1. The van der Waals surface area contributed by atoms with Gasteiger partial charge in [0.15, 0.2) is 0 Å². The number of benzene rings is 2. The Kier molecular flexibility index (Phi) is 2.99. The molecule has 1 aliphatic carbocycles. The minimum Gasteiger partial charge on any atom is -0.382 e. The third kappa shape index (κ3) is 1.85. The quantitative estimate of drug-likeness (QED) is 0.786. The Balaban J connectivity index is 1.82. The summed E-state index contributed by atoms with van der Waals surface area (Å²) in [6.45, 7) is 0. The molecule has 3 heteroatoms. The second-order valence-electron chi connectivity index (χ2n) is 5.59. The summed E-state index contributed by atoms with van der Waals surface area (Å²) in [5.74, 6) is 0. The molecule has 2 nitrogen and oxygen atoms in total. The molecular formula is C17H18O2Si. The van der Waals surface area contributed by atoms with Crippen molar-refractivity contribution in [3.05, 3.63) is 60.7 Å². The molecule has 0 spiro atoms. The number of rotatable bonds is 2. The van der Waals surface area contributed by atoms with Crippen LogP contribution < -0.4 is 10.4 Å². The summed E-state index contributed by atoms with van der Waals surface area (Å²) in [6.07, 6.45) is 4.09. The van der Waals surface area contributed by atoms with Gasteiger partial charge in [0.25, 0.3) is 0 Å². The molecule has 0 N–H and O–H groups in total. The fourth-order valence-corrected chi connectivity index (χ4v) is 6.96. The van der Waals surface area contributed by atoms with Crippen LogP contribution in [0.3, 0.4) is 0 Å². The van der Waals surface area contributed by atoms with Crippen LogP contribution in [0.25, 0.3) is 0 Å². The molecular weight excluding hydrogens is 264 g/mol. The predicted octanol–water partition coefficient (Wildman–Crippen LogP) is 2.21. The van der Waals surface area contributed by atoms with Gasteiger partial charge in [-0.1, -0.05) is 60.7 Å². The van der Waals surface area contributed by atoms with Crippen LogP contribution in [-0.2, 0) is 8.85 Å². The molecule has 0 bridgehead atoms. The highest BCUT2D eigenvalue weighted by Crippen LogP contribution is 2.35. The molecule has 0 radical (unpaired) electrons. The summed E-state index contributed by atoms with van der Waals surface area (Å²) in [5, 5.41) is 2.45. The second kappa shape index (κ2) is 4.84. The van der Waals surface area contributed by atoms with Crippen LogP contribution in [0, 0.1) is 0 Å². The first-order valence-electron chi connectivity index (χ1n) is 7.35. The Bertz CT molecular complexity index is 531. The summed E-state index contributed by atoms with van der Waals surface area (Å²) in [5.41, 5.74) is 0. The van der Waals surface area contributed by atoms with E-state index in [-0.39, 0.29) is 0 Å². The van der Waals surface area contributed by atoms with Gasteiger partial charge in [0.1, 0.15) is 0 Å². The average Bonchev–Trinajstić information content (AvgIpc) is 3.09. The van der Waals surface area contributed by atoms with E-state index >= 15 is 0 Å². The van der Waals surface area contributed by atoms with Crippen LogP contribution in [0.4, 0.5) is 0 Å². The van der Waals surface area contributed by atoms with Crippen LogP contribution in [-0.4, -0.2) is 20.8 Å². The van der Waals surface area contributed by atoms with Gasteiger partial charge in [-0.15, -0.1) is 0 Å². The minimum absolute atomic E-state index is 0.294. The first-order chi connectivity index (χ1) is 9.88. The Hall–Kier alpha value is -1.42. The lowest BCUT2D eigenvalue weighted by molar-refractivity contribution is 0.187. The molecule has 1 heterocycles. The largest absolute Gasteiger partial charge is 0.407 e. The van der Waals surface area contributed by atoms with Crippen molar-refractivity contribution < 1.29 is 8.85 Å². The Labute approximate surface area is 120 Å². The van der Waals surface area contributed by atoms with Crippen LogP contribution in [0.1, 0.15) is 19.3 Å². The topological polar surface area (TPSA) is 18.5 Å². The number of hydrogen-bond donors (Lipinski definition) is 0. The Morgan fingerprint density at radius 2 is 1.15 bits per heavy atom. The zero-order valence-electron chi connectivity index (χ0n) is 11.4. The monoisotopic (exact) mass is 282 g/mol. The van der Waals surface area contributed by atoms with Crippen molar-refractivity contribution in [2.75, 3.05) is 0 Å². The van der Waals surface area contributed by atoms with E-state index in [2.05, 4.69) is 48.5 Å². The first-order valence-corrected chi connectivity index (χ1v) is 9.17. The summed E-state index contributed by atoms with van der Waals surface area (Å²) in [7, 11) is -2.48. The molecule has 1 aliphatic heterocycles.